The fourth-order valence-electron chi connectivity index (χ4n) is 1.17. The van der Waals surface area contributed by atoms with Crippen molar-refractivity contribution < 1.29 is 0 Å². The molecule has 2 atom stereocenters. The van der Waals surface area contributed by atoms with Gasteiger partial charge < -0.3 is 22.9 Å². The van der Waals surface area contributed by atoms with Gasteiger partial charge in [0.2, 0.25) is 0 Å². The molecule has 0 aliphatic heterocycles. The first-order chi connectivity index (χ1) is 7.62. The molecule has 0 bridgehead atoms. The molecule has 0 aromatic heterocycles. The van der Waals surface area contributed by atoms with Crippen LogP contribution in [-0.4, -0.2) is 26.2 Å². The summed E-state index contributed by atoms with van der Waals surface area (Å²) in [7, 11) is 0. The quantitative estimate of drug-likeness (QED) is 0.493. The Labute approximate surface area is 101 Å². The molecule has 0 spiro atoms. The van der Waals surface area contributed by atoms with Gasteiger partial charge in [-0.05, 0) is 63.7 Å². The highest BCUT2D eigenvalue weighted by Gasteiger charge is 1.95. The average molecular weight is 232 g/mol. The van der Waals surface area contributed by atoms with Gasteiger partial charge in [-0.3, -0.25) is 0 Å². The monoisotopic (exact) mass is 232 g/mol. The van der Waals surface area contributed by atoms with E-state index in [1.807, 2.05) is 0 Å². The van der Waals surface area contributed by atoms with Crippen molar-refractivity contribution in [2.24, 2.45) is 34.8 Å². The lowest BCUT2D eigenvalue weighted by molar-refractivity contribution is 0.525. The van der Waals surface area contributed by atoms with Gasteiger partial charge in [-0.15, -0.1) is 0 Å². The molecule has 0 aliphatic carbocycles. The van der Waals surface area contributed by atoms with Crippen LogP contribution in [0.1, 0.15) is 39.5 Å². The van der Waals surface area contributed by atoms with Crippen molar-refractivity contribution in [1.82, 2.24) is 0 Å². The summed E-state index contributed by atoms with van der Waals surface area (Å²) in [6, 6.07) is 0. The van der Waals surface area contributed by atoms with Gasteiger partial charge >= 0.3 is 0 Å². The molecule has 0 aliphatic rings. The van der Waals surface area contributed by atoms with E-state index in [-0.39, 0.29) is 0 Å². The van der Waals surface area contributed by atoms with Crippen LogP contribution in [0.5, 0.6) is 0 Å². The van der Waals surface area contributed by atoms with Crippen molar-refractivity contribution in [2.45, 2.75) is 39.5 Å². The minimum atomic E-state index is 0.651. The second-order valence-electron chi connectivity index (χ2n) is 4.54. The first-order valence-electron chi connectivity index (χ1n) is 6.42. The summed E-state index contributed by atoms with van der Waals surface area (Å²) in [5, 5.41) is 0. The fourth-order valence-corrected chi connectivity index (χ4v) is 1.17. The molecular weight excluding hydrogens is 200 g/mol. The Morgan fingerprint density at radius 2 is 1.00 bits per heavy atom. The van der Waals surface area contributed by atoms with Crippen LogP contribution in [0.3, 0.4) is 0 Å². The van der Waals surface area contributed by atoms with Crippen LogP contribution in [0.15, 0.2) is 0 Å². The van der Waals surface area contributed by atoms with E-state index >= 15 is 0 Å². The lowest BCUT2D eigenvalue weighted by Crippen LogP contribution is -2.12. The third-order valence-electron chi connectivity index (χ3n) is 2.61. The third kappa shape index (κ3) is 16.3. The molecule has 0 aromatic rings. The van der Waals surface area contributed by atoms with Crippen LogP contribution >= 0.6 is 0 Å². The molecule has 0 saturated carbocycles. The van der Waals surface area contributed by atoms with E-state index in [0.29, 0.717) is 11.8 Å². The summed E-state index contributed by atoms with van der Waals surface area (Å²) in [4.78, 5) is 0. The Bertz CT molecular complexity index is 106. The van der Waals surface area contributed by atoms with E-state index in [9.17, 15) is 0 Å². The molecule has 0 rings (SSSR count). The molecule has 2 unspecified atom stereocenters. The van der Waals surface area contributed by atoms with Crippen LogP contribution in [0.2, 0.25) is 0 Å². The molecule has 8 N–H and O–H groups in total. The Morgan fingerprint density at radius 3 is 1.19 bits per heavy atom. The molecule has 0 heterocycles. The maximum Gasteiger partial charge on any atom is -0.00515 e. The highest BCUT2D eigenvalue weighted by atomic mass is 14.6. The Morgan fingerprint density at radius 1 is 0.688 bits per heavy atom. The van der Waals surface area contributed by atoms with Crippen molar-refractivity contribution in [3.8, 4) is 0 Å². The van der Waals surface area contributed by atoms with Gasteiger partial charge in [-0.25, -0.2) is 0 Å². The summed E-state index contributed by atoms with van der Waals surface area (Å²) < 4.78 is 0. The minimum Gasteiger partial charge on any atom is -0.330 e. The molecular formula is C12H32N4. The van der Waals surface area contributed by atoms with Crippen molar-refractivity contribution in [2.75, 3.05) is 26.2 Å². The topological polar surface area (TPSA) is 104 Å². The van der Waals surface area contributed by atoms with Crippen LogP contribution in [-0.2, 0) is 0 Å². The smallest absolute Gasteiger partial charge is 0.00515 e. The van der Waals surface area contributed by atoms with Crippen molar-refractivity contribution in [3.63, 3.8) is 0 Å². The molecule has 0 aromatic carbocycles. The average Bonchev–Trinajstić information content (AvgIpc) is 2.33. The summed E-state index contributed by atoms with van der Waals surface area (Å²) in [6.45, 7) is 7.47. The number of nitrogens with two attached hydrogens (primary N) is 4. The Hall–Kier alpha value is -0.160. The van der Waals surface area contributed by atoms with E-state index in [1.54, 1.807) is 0 Å². The van der Waals surface area contributed by atoms with E-state index in [4.69, 9.17) is 22.9 Å². The number of rotatable bonds is 8. The summed E-state index contributed by atoms with van der Waals surface area (Å²) in [5.41, 5.74) is 21.3. The Balaban J connectivity index is 0. The van der Waals surface area contributed by atoms with Gasteiger partial charge in [-0.2, -0.15) is 0 Å². The zero-order valence-corrected chi connectivity index (χ0v) is 11.1. The zero-order valence-electron chi connectivity index (χ0n) is 11.1. The van der Waals surface area contributed by atoms with Gasteiger partial charge in [0.25, 0.3) is 0 Å². The number of hydrogen-bond donors (Lipinski definition) is 4. The molecule has 100 valence electrons. The fraction of sp³-hybridized carbons (Fsp3) is 1.00. The molecule has 4 heteroatoms. The predicted molar refractivity (Wildman–Crippen MR) is 73.0 cm³/mol. The number of hydrogen-bond acceptors (Lipinski definition) is 4. The third-order valence-corrected chi connectivity index (χ3v) is 2.61. The predicted octanol–water partition coefficient (Wildman–Crippen LogP) is 0.640. The lowest BCUT2D eigenvalue weighted by Gasteiger charge is -2.04. The summed E-state index contributed by atoms with van der Waals surface area (Å²) in [6.07, 6.45) is 4.57. The van der Waals surface area contributed by atoms with E-state index in [1.165, 1.54) is 12.8 Å². The lowest BCUT2D eigenvalue weighted by atomic mass is 10.1. The SMILES string of the molecule is CC(CN)CCCN.CC(CN)CCCN. The van der Waals surface area contributed by atoms with E-state index in [2.05, 4.69) is 13.8 Å². The van der Waals surface area contributed by atoms with Crippen LogP contribution in [0.25, 0.3) is 0 Å². The zero-order chi connectivity index (χ0) is 12.8. The standard InChI is InChI=1S/2C6H16N2/c2*1-6(5-8)3-2-4-7/h2*6H,2-5,7-8H2,1H3. The Kier molecular flexibility index (Phi) is 16.9. The molecule has 0 fully saturated rings. The van der Waals surface area contributed by atoms with E-state index in [0.717, 1.165) is 39.0 Å². The van der Waals surface area contributed by atoms with Gasteiger partial charge in [0.1, 0.15) is 0 Å². The van der Waals surface area contributed by atoms with Crippen molar-refractivity contribution >= 4 is 0 Å². The van der Waals surface area contributed by atoms with Gasteiger partial charge in [0.15, 0.2) is 0 Å². The second-order valence-corrected chi connectivity index (χ2v) is 4.54. The van der Waals surface area contributed by atoms with E-state index < -0.39 is 0 Å². The normalized spacial score (nSPS) is 13.9. The van der Waals surface area contributed by atoms with Crippen LogP contribution in [0.4, 0.5) is 0 Å². The maximum atomic E-state index is 5.37. The maximum absolute atomic E-state index is 5.37. The van der Waals surface area contributed by atoms with Crippen LogP contribution in [0, 0.1) is 11.8 Å². The highest BCUT2D eigenvalue weighted by molar-refractivity contribution is 4.52. The summed E-state index contributed by atoms with van der Waals surface area (Å²) >= 11 is 0. The molecule has 0 saturated heterocycles. The van der Waals surface area contributed by atoms with Gasteiger partial charge in [0.05, 0.1) is 0 Å². The van der Waals surface area contributed by atoms with Crippen molar-refractivity contribution in [1.29, 1.82) is 0 Å². The minimum absolute atomic E-state index is 0.651. The van der Waals surface area contributed by atoms with Gasteiger partial charge in [0, 0.05) is 0 Å². The molecule has 16 heavy (non-hydrogen) atoms. The first-order valence-corrected chi connectivity index (χ1v) is 6.42. The molecule has 0 radical (unpaired) electrons. The van der Waals surface area contributed by atoms with Crippen LogP contribution < -0.4 is 22.9 Å². The van der Waals surface area contributed by atoms with Gasteiger partial charge in [-0.1, -0.05) is 13.8 Å². The molecule has 0 amide bonds. The van der Waals surface area contributed by atoms with Crippen molar-refractivity contribution in [3.05, 3.63) is 0 Å². The first kappa shape index (κ1) is 18.2. The second kappa shape index (κ2) is 14.8. The molecule has 4 nitrogen and oxygen atoms in total. The highest BCUT2D eigenvalue weighted by Crippen LogP contribution is 2.00. The largest absolute Gasteiger partial charge is 0.330 e. The summed E-state index contributed by atoms with van der Waals surface area (Å²) in [5.74, 6) is 1.30.